The van der Waals surface area contributed by atoms with Crippen molar-refractivity contribution in [3.8, 4) is 6.07 Å². The van der Waals surface area contributed by atoms with Crippen LogP contribution in [-0.2, 0) is 13.1 Å². The van der Waals surface area contributed by atoms with Gasteiger partial charge in [-0.1, -0.05) is 30.3 Å². The van der Waals surface area contributed by atoms with Gasteiger partial charge in [-0.05, 0) is 29.3 Å². The second-order valence-electron chi connectivity index (χ2n) is 7.14. The maximum absolute atomic E-state index is 13.3. The highest BCUT2D eigenvalue weighted by Crippen LogP contribution is 2.23. The number of imidazole rings is 1. The average Bonchev–Trinajstić information content (AvgIpc) is 3.15. The Morgan fingerprint density at radius 3 is 2.67 bits per heavy atom. The second kappa shape index (κ2) is 7.97. The van der Waals surface area contributed by atoms with E-state index in [0.717, 1.165) is 16.3 Å². The number of anilines is 1. The molecule has 2 aromatic heterocycles. The topological polar surface area (TPSA) is 106 Å². The standard InChI is InChI=1S/C22H23N7O/c1-3-28-20-19(26-22(28)27(2)11-10-23)13-25-29(21(20)30)14-16-9-8-15(12-24)17-6-4-5-7-18(16)17/h4-9,13H,3,10-11,14,23H2,1-2H3. The van der Waals surface area contributed by atoms with Crippen molar-refractivity contribution in [2.45, 2.75) is 20.0 Å². The molecule has 0 aliphatic carbocycles. The first kappa shape index (κ1) is 19.6. The maximum Gasteiger partial charge on any atom is 0.293 e. The van der Waals surface area contributed by atoms with E-state index in [9.17, 15) is 10.1 Å². The number of hydrogen-bond donors (Lipinski definition) is 1. The molecular formula is C22H23N7O. The fraction of sp³-hybridized carbons (Fsp3) is 0.273. The molecule has 2 aromatic carbocycles. The molecule has 2 N–H and O–H groups in total. The van der Waals surface area contributed by atoms with Gasteiger partial charge in [-0.3, -0.25) is 4.79 Å². The molecule has 2 heterocycles. The van der Waals surface area contributed by atoms with Gasteiger partial charge in [0.05, 0.1) is 24.4 Å². The van der Waals surface area contributed by atoms with Crippen LogP contribution in [0.15, 0.2) is 47.4 Å². The van der Waals surface area contributed by atoms with Crippen molar-refractivity contribution in [1.29, 1.82) is 5.26 Å². The van der Waals surface area contributed by atoms with Crippen molar-refractivity contribution in [3.63, 3.8) is 0 Å². The predicted octanol–water partition coefficient (Wildman–Crippen LogP) is 2.08. The van der Waals surface area contributed by atoms with Gasteiger partial charge in [0, 0.05) is 26.7 Å². The molecule has 0 atom stereocenters. The van der Waals surface area contributed by atoms with E-state index in [4.69, 9.17) is 5.73 Å². The van der Waals surface area contributed by atoms with E-state index in [0.29, 0.717) is 48.7 Å². The zero-order chi connectivity index (χ0) is 21.3. The Morgan fingerprint density at radius 1 is 1.20 bits per heavy atom. The Kier molecular flexibility index (Phi) is 5.21. The molecule has 8 nitrogen and oxygen atoms in total. The van der Waals surface area contributed by atoms with Gasteiger partial charge >= 0.3 is 0 Å². The zero-order valence-electron chi connectivity index (χ0n) is 17.0. The Bertz CT molecular complexity index is 1330. The molecule has 0 spiro atoms. The van der Waals surface area contributed by atoms with E-state index in [-0.39, 0.29) is 5.56 Å². The van der Waals surface area contributed by atoms with Gasteiger partial charge in [0.15, 0.2) is 0 Å². The van der Waals surface area contributed by atoms with Crippen LogP contribution in [-0.4, -0.2) is 39.5 Å². The number of nitriles is 1. The number of aromatic nitrogens is 4. The normalized spacial score (nSPS) is 11.1. The zero-order valence-corrected chi connectivity index (χ0v) is 17.0. The average molecular weight is 401 g/mol. The van der Waals surface area contributed by atoms with E-state index in [1.165, 1.54) is 4.68 Å². The van der Waals surface area contributed by atoms with E-state index in [2.05, 4.69) is 16.2 Å². The van der Waals surface area contributed by atoms with Crippen LogP contribution in [0.25, 0.3) is 21.8 Å². The minimum atomic E-state index is -0.192. The van der Waals surface area contributed by atoms with E-state index in [1.807, 2.05) is 53.8 Å². The van der Waals surface area contributed by atoms with Gasteiger partial charge in [-0.25, -0.2) is 9.67 Å². The monoisotopic (exact) mass is 401 g/mol. The summed E-state index contributed by atoms with van der Waals surface area (Å²) in [5, 5.41) is 15.6. The van der Waals surface area contributed by atoms with Gasteiger partial charge in [0.1, 0.15) is 11.0 Å². The van der Waals surface area contributed by atoms with E-state index >= 15 is 0 Å². The molecule has 8 heteroatoms. The van der Waals surface area contributed by atoms with Crippen LogP contribution in [0.1, 0.15) is 18.1 Å². The Morgan fingerprint density at radius 2 is 1.97 bits per heavy atom. The van der Waals surface area contributed by atoms with Crippen molar-refractivity contribution in [3.05, 3.63) is 64.1 Å². The van der Waals surface area contributed by atoms with E-state index < -0.39 is 0 Å². The summed E-state index contributed by atoms with van der Waals surface area (Å²) in [6.45, 7) is 4.04. The van der Waals surface area contributed by atoms with Crippen LogP contribution in [0.5, 0.6) is 0 Å². The molecule has 4 rings (SSSR count). The van der Waals surface area contributed by atoms with Crippen molar-refractivity contribution in [2.24, 2.45) is 5.73 Å². The molecule has 4 aromatic rings. The van der Waals surface area contributed by atoms with Crippen molar-refractivity contribution >= 4 is 27.8 Å². The van der Waals surface area contributed by atoms with Crippen LogP contribution < -0.4 is 16.2 Å². The molecule has 0 aliphatic rings. The lowest BCUT2D eigenvalue weighted by Gasteiger charge is -2.18. The highest BCUT2D eigenvalue weighted by Gasteiger charge is 2.18. The number of aryl methyl sites for hydroxylation is 1. The van der Waals surface area contributed by atoms with Crippen LogP contribution >= 0.6 is 0 Å². The van der Waals surface area contributed by atoms with Crippen LogP contribution in [0.2, 0.25) is 0 Å². The first-order chi connectivity index (χ1) is 14.6. The third-order valence-corrected chi connectivity index (χ3v) is 5.31. The molecule has 30 heavy (non-hydrogen) atoms. The Labute approximate surface area is 173 Å². The van der Waals surface area contributed by atoms with Crippen LogP contribution in [0.3, 0.4) is 0 Å². The van der Waals surface area contributed by atoms with Gasteiger partial charge in [-0.15, -0.1) is 0 Å². The fourth-order valence-electron chi connectivity index (χ4n) is 3.83. The number of nitrogens with two attached hydrogens (primary N) is 1. The number of nitrogens with zero attached hydrogens (tertiary/aromatic N) is 6. The molecule has 0 unspecified atom stereocenters. The lowest BCUT2D eigenvalue weighted by atomic mass is 10.00. The number of likely N-dealkylation sites (N-methyl/N-ethyl adjacent to an activating group) is 1. The summed E-state index contributed by atoms with van der Waals surface area (Å²) < 4.78 is 3.36. The molecule has 152 valence electrons. The summed E-state index contributed by atoms with van der Waals surface area (Å²) in [6.07, 6.45) is 1.63. The number of fused-ring (bicyclic) bond motifs is 2. The lowest BCUT2D eigenvalue weighted by Crippen LogP contribution is -2.28. The SMILES string of the molecule is CCn1c(N(C)CCN)nc2cnn(Cc3ccc(C#N)c4ccccc34)c(=O)c21. The summed E-state index contributed by atoms with van der Waals surface area (Å²) in [5.74, 6) is 0.707. The molecule has 0 saturated carbocycles. The van der Waals surface area contributed by atoms with Crippen LogP contribution in [0.4, 0.5) is 5.95 Å². The van der Waals surface area contributed by atoms with Crippen molar-refractivity contribution < 1.29 is 0 Å². The summed E-state index contributed by atoms with van der Waals surface area (Å²) in [7, 11) is 1.91. The molecule has 0 radical (unpaired) electrons. The molecule has 0 saturated heterocycles. The highest BCUT2D eigenvalue weighted by atomic mass is 16.1. The second-order valence-corrected chi connectivity index (χ2v) is 7.14. The van der Waals surface area contributed by atoms with E-state index in [1.54, 1.807) is 12.3 Å². The third-order valence-electron chi connectivity index (χ3n) is 5.31. The number of benzene rings is 2. The first-order valence-corrected chi connectivity index (χ1v) is 9.87. The first-order valence-electron chi connectivity index (χ1n) is 9.87. The maximum atomic E-state index is 13.3. The Balaban J connectivity index is 1.84. The van der Waals surface area contributed by atoms with Crippen LogP contribution in [0, 0.1) is 11.3 Å². The number of hydrogen-bond acceptors (Lipinski definition) is 6. The quantitative estimate of drug-likeness (QED) is 0.530. The molecular weight excluding hydrogens is 378 g/mol. The largest absolute Gasteiger partial charge is 0.344 e. The van der Waals surface area contributed by atoms with Crippen molar-refractivity contribution in [2.75, 3.05) is 25.0 Å². The smallest absolute Gasteiger partial charge is 0.293 e. The molecule has 0 fully saturated rings. The lowest BCUT2D eigenvalue weighted by molar-refractivity contribution is 0.642. The molecule has 0 bridgehead atoms. The predicted molar refractivity (Wildman–Crippen MR) is 118 cm³/mol. The molecule has 0 amide bonds. The van der Waals surface area contributed by atoms with Gasteiger partial charge in [0.2, 0.25) is 5.95 Å². The summed E-state index contributed by atoms with van der Waals surface area (Å²) in [6, 6.07) is 13.6. The minimum absolute atomic E-state index is 0.192. The number of rotatable bonds is 6. The van der Waals surface area contributed by atoms with Gasteiger partial charge < -0.3 is 15.2 Å². The van der Waals surface area contributed by atoms with Gasteiger partial charge in [-0.2, -0.15) is 10.4 Å². The molecule has 0 aliphatic heterocycles. The summed E-state index contributed by atoms with van der Waals surface area (Å²) >= 11 is 0. The van der Waals surface area contributed by atoms with Crippen molar-refractivity contribution in [1.82, 2.24) is 19.3 Å². The summed E-state index contributed by atoms with van der Waals surface area (Å²) in [4.78, 5) is 19.9. The Hall–Kier alpha value is -3.70. The minimum Gasteiger partial charge on any atom is -0.344 e. The third kappa shape index (κ3) is 3.19. The summed E-state index contributed by atoms with van der Waals surface area (Å²) in [5.41, 5.74) is 8.14. The fourth-order valence-corrected chi connectivity index (χ4v) is 3.83. The van der Waals surface area contributed by atoms with Gasteiger partial charge in [0.25, 0.3) is 5.56 Å². The highest BCUT2D eigenvalue weighted by molar-refractivity contribution is 5.90.